The average molecular weight is 304 g/mol. The SMILES string of the molecule is COCc1nc(Cl)cc(N2c3ccccc3CCC2C)n1. The normalized spacial score (nSPS) is 17.7. The van der Waals surface area contributed by atoms with Crippen molar-refractivity contribution in [3.8, 4) is 0 Å². The Bertz CT molecular complexity index is 647. The lowest BCUT2D eigenvalue weighted by Crippen LogP contribution is -2.34. The lowest BCUT2D eigenvalue weighted by Gasteiger charge is -2.36. The second-order valence-electron chi connectivity index (χ2n) is 5.28. The molecule has 0 fully saturated rings. The first-order valence-electron chi connectivity index (χ1n) is 7.08. The first-order valence-corrected chi connectivity index (χ1v) is 7.46. The maximum absolute atomic E-state index is 6.15. The number of rotatable bonds is 3. The molecule has 3 rings (SSSR count). The van der Waals surface area contributed by atoms with Crippen molar-refractivity contribution in [1.29, 1.82) is 0 Å². The Balaban J connectivity index is 2.07. The summed E-state index contributed by atoms with van der Waals surface area (Å²) in [6, 6.07) is 10.6. The van der Waals surface area contributed by atoms with Crippen LogP contribution in [0.25, 0.3) is 0 Å². The number of ether oxygens (including phenoxy) is 1. The molecule has 110 valence electrons. The quantitative estimate of drug-likeness (QED) is 0.810. The van der Waals surface area contributed by atoms with E-state index in [1.54, 1.807) is 7.11 Å². The van der Waals surface area contributed by atoms with Gasteiger partial charge in [0.15, 0.2) is 5.82 Å². The zero-order valence-corrected chi connectivity index (χ0v) is 13.0. The molecule has 0 spiro atoms. The van der Waals surface area contributed by atoms with Gasteiger partial charge in [0.1, 0.15) is 17.6 Å². The van der Waals surface area contributed by atoms with E-state index in [2.05, 4.69) is 46.1 Å². The van der Waals surface area contributed by atoms with Gasteiger partial charge >= 0.3 is 0 Å². The van der Waals surface area contributed by atoms with Crippen LogP contribution in [0.5, 0.6) is 0 Å². The van der Waals surface area contributed by atoms with E-state index < -0.39 is 0 Å². The van der Waals surface area contributed by atoms with Crippen molar-refractivity contribution < 1.29 is 4.74 Å². The maximum atomic E-state index is 6.15. The highest BCUT2D eigenvalue weighted by atomic mass is 35.5. The summed E-state index contributed by atoms with van der Waals surface area (Å²) in [5.74, 6) is 1.44. The van der Waals surface area contributed by atoms with Gasteiger partial charge in [-0.15, -0.1) is 0 Å². The predicted molar refractivity (Wildman–Crippen MR) is 84.1 cm³/mol. The van der Waals surface area contributed by atoms with Crippen molar-refractivity contribution in [2.45, 2.75) is 32.4 Å². The third-order valence-corrected chi connectivity index (χ3v) is 3.96. The molecule has 0 saturated carbocycles. The van der Waals surface area contributed by atoms with Crippen LogP contribution in [0.15, 0.2) is 30.3 Å². The van der Waals surface area contributed by atoms with Crippen LogP contribution in [0.2, 0.25) is 5.15 Å². The van der Waals surface area contributed by atoms with Gasteiger partial charge in [-0.2, -0.15) is 0 Å². The molecule has 4 nitrogen and oxygen atoms in total. The van der Waals surface area contributed by atoms with Gasteiger partial charge in [-0.1, -0.05) is 29.8 Å². The third kappa shape index (κ3) is 2.87. The first-order chi connectivity index (χ1) is 10.2. The molecule has 1 aliphatic rings. The summed E-state index contributed by atoms with van der Waals surface area (Å²) in [7, 11) is 1.63. The van der Waals surface area contributed by atoms with Crippen LogP contribution in [-0.4, -0.2) is 23.1 Å². The predicted octanol–water partition coefficient (Wildman–Crippen LogP) is 3.75. The lowest BCUT2D eigenvalue weighted by atomic mass is 9.97. The summed E-state index contributed by atoms with van der Waals surface area (Å²) in [4.78, 5) is 11.0. The highest BCUT2D eigenvalue weighted by molar-refractivity contribution is 6.29. The molecular formula is C16H18ClN3O. The summed E-state index contributed by atoms with van der Waals surface area (Å²) in [5, 5.41) is 0.447. The number of aryl methyl sites for hydroxylation is 1. The number of halogens is 1. The van der Waals surface area contributed by atoms with E-state index in [0.717, 1.165) is 18.7 Å². The molecule has 2 heterocycles. The van der Waals surface area contributed by atoms with Crippen molar-refractivity contribution in [2.75, 3.05) is 12.0 Å². The van der Waals surface area contributed by atoms with E-state index in [1.807, 2.05) is 6.07 Å². The van der Waals surface area contributed by atoms with Crippen LogP contribution in [0, 0.1) is 0 Å². The fourth-order valence-corrected chi connectivity index (χ4v) is 3.00. The van der Waals surface area contributed by atoms with Gasteiger partial charge in [-0.3, -0.25) is 0 Å². The Kier molecular flexibility index (Phi) is 4.08. The smallest absolute Gasteiger partial charge is 0.158 e. The van der Waals surface area contributed by atoms with Crippen LogP contribution in [0.3, 0.4) is 0 Å². The highest BCUT2D eigenvalue weighted by Gasteiger charge is 2.25. The molecule has 0 radical (unpaired) electrons. The van der Waals surface area contributed by atoms with Crippen LogP contribution in [0.4, 0.5) is 11.5 Å². The van der Waals surface area contributed by atoms with Gasteiger partial charge in [-0.05, 0) is 31.4 Å². The number of aromatic nitrogens is 2. The van der Waals surface area contributed by atoms with Gasteiger partial charge in [-0.25, -0.2) is 9.97 Å². The van der Waals surface area contributed by atoms with Crippen LogP contribution in [0.1, 0.15) is 24.7 Å². The zero-order chi connectivity index (χ0) is 14.8. The number of hydrogen-bond donors (Lipinski definition) is 0. The molecule has 1 unspecified atom stereocenters. The molecule has 1 aromatic heterocycles. The first kappa shape index (κ1) is 14.3. The van der Waals surface area contributed by atoms with Crippen molar-refractivity contribution in [1.82, 2.24) is 9.97 Å². The largest absolute Gasteiger partial charge is 0.377 e. The molecule has 21 heavy (non-hydrogen) atoms. The fraction of sp³-hybridized carbons (Fsp3) is 0.375. The number of hydrogen-bond acceptors (Lipinski definition) is 4. The second kappa shape index (κ2) is 6.00. The lowest BCUT2D eigenvalue weighted by molar-refractivity contribution is 0.178. The van der Waals surface area contributed by atoms with Gasteiger partial charge in [0, 0.05) is 24.9 Å². The highest BCUT2D eigenvalue weighted by Crippen LogP contribution is 2.36. The van der Waals surface area contributed by atoms with Crippen molar-refractivity contribution in [3.05, 3.63) is 46.9 Å². The van der Waals surface area contributed by atoms with Gasteiger partial charge in [0.25, 0.3) is 0 Å². The minimum absolute atomic E-state index is 0.359. The van der Waals surface area contributed by atoms with Crippen molar-refractivity contribution >= 4 is 23.1 Å². The third-order valence-electron chi connectivity index (χ3n) is 3.77. The summed E-state index contributed by atoms with van der Waals surface area (Å²) >= 11 is 6.15. The van der Waals surface area contributed by atoms with Gasteiger partial charge in [0.05, 0.1) is 0 Å². The summed E-state index contributed by atoms with van der Waals surface area (Å²) < 4.78 is 5.12. The Hall–Kier alpha value is -1.65. The standard InChI is InChI=1S/C16H18ClN3O/c1-11-7-8-12-5-3-4-6-13(12)20(11)16-9-14(17)18-15(19-16)10-21-2/h3-6,9,11H,7-8,10H2,1-2H3. The number of methoxy groups -OCH3 is 1. The Morgan fingerprint density at radius 1 is 1.33 bits per heavy atom. The Morgan fingerprint density at radius 2 is 2.14 bits per heavy atom. The van der Waals surface area contributed by atoms with Crippen molar-refractivity contribution in [3.63, 3.8) is 0 Å². The monoisotopic (exact) mass is 303 g/mol. The summed E-state index contributed by atoms with van der Waals surface area (Å²) in [6.07, 6.45) is 2.19. The van der Waals surface area contributed by atoms with Crippen LogP contribution in [-0.2, 0) is 17.8 Å². The molecule has 1 aromatic carbocycles. The minimum Gasteiger partial charge on any atom is -0.377 e. The van der Waals surface area contributed by atoms with E-state index in [4.69, 9.17) is 16.3 Å². The molecular weight excluding hydrogens is 286 g/mol. The molecule has 1 aliphatic heterocycles. The number of benzene rings is 1. The number of fused-ring (bicyclic) bond motifs is 1. The van der Waals surface area contributed by atoms with E-state index in [-0.39, 0.29) is 0 Å². The summed E-state index contributed by atoms with van der Waals surface area (Å²) in [5.41, 5.74) is 2.55. The molecule has 0 amide bonds. The van der Waals surface area contributed by atoms with E-state index in [0.29, 0.717) is 23.6 Å². The molecule has 1 atom stereocenters. The van der Waals surface area contributed by atoms with Crippen LogP contribution >= 0.6 is 11.6 Å². The Morgan fingerprint density at radius 3 is 2.95 bits per heavy atom. The van der Waals surface area contributed by atoms with Gasteiger partial charge in [0.2, 0.25) is 0 Å². The van der Waals surface area contributed by atoms with E-state index >= 15 is 0 Å². The minimum atomic E-state index is 0.359. The van der Waals surface area contributed by atoms with E-state index in [9.17, 15) is 0 Å². The number of anilines is 2. The second-order valence-corrected chi connectivity index (χ2v) is 5.67. The number of para-hydroxylation sites is 1. The zero-order valence-electron chi connectivity index (χ0n) is 12.2. The molecule has 0 N–H and O–H groups in total. The molecule has 0 saturated heterocycles. The Labute approximate surface area is 129 Å². The van der Waals surface area contributed by atoms with Gasteiger partial charge < -0.3 is 9.64 Å². The fourth-order valence-electron chi connectivity index (χ4n) is 2.81. The maximum Gasteiger partial charge on any atom is 0.158 e. The summed E-state index contributed by atoms with van der Waals surface area (Å²) in [6.45, 7) is 2.57. The van der Waals surface area contributed by atoms with E-state index in [1.165, 1.54) is 11.3 Å². The average Bonchev–Trinajstić information content (AvgIpc) is 2.47. The molecule has 0 aliphatic carbocycles. The molecule has 2 aromatic rings. The number of nitrogens with zero attached hydrogens (tertiary/aromatic N) is 3. The molecule has 5 heteroatoms. The van der Waals surface area contributed by atoms with Crippen LogP contribution < -0.4 is 4.90 Å². The topological polar surface area (TPSA) is 38.2 Å². The molecule has 0 bridgehead atoms. The van der Waals surface area contributed by atoms with Crippen molar-refractivity contribution in [2.24, 2.45) is 0 Å².